The highest BCUT2D eigenvalue weighted by atomic mass is 32.1. The van der Waals surface area contributed by atoms with E-state index < -0.39 is 6.10 Å². The number of aliphatic hydroxyl groups is 1. The van der Waals surface area contributed by atoms with Crippen LogP contribution in [0, 0.1) is 5.92 Å². The number of aryl methyl sites for hydroxylation is 1. The zero-order valence-electron chi connectivity index (χ0n) is 15.2. The summed E-state index contributed by atoms with van der Waals surface area (Å²) in [5.74, 6) is 0.277. The molecule has 1 fully saturated rings. The van der Waals surface area contributed by atoms with Crippen LogP contribution in [0.4, 0.5) is 0 Å². The quantitative estimate of drug-likeness (QED) is 0.584. The van der Waals surface area contributed by atoms with Crippen molar-refractivity contribution in [1.29, 1.82) is 0 Å². The second kappa shape index (κ2) is 6.37. The Morgan fingerprint density at radius 3 is 2.93 bits per heavy atom. The molecule has 0 unspecified atom stereocenters. The van der Waals surface area contributed by atoms with Crippen LogP contribution in [0.15, 0.2) is 36.7 Å². The van der Waals surface area contributed by atoms with Crippen LogP contribution in [-0.4, -0.2) is 38.1 Å². The van der Waals surface area contributed by atoms with E-state index in [0.29, 0.717) is 6.10 Å². The fourth-order valence-electron chi connectivity index (χ4n) is 3.71. The van der Waals surface area contributed by atoms with E-state index in [-0.39, 0.29) is 5.92 Å². The number of ether oxygens (including phenoxy) is 1. The van der Waals surface area contributed by atoms with E-state index in [1.165, 1.54) is 0 Å². The van der Waals surface area contributed by atoms with Gasteiger partial charge in [0.15, 0.2) is 5.65 Å². The monoisotopic (exact) mass is 380 g/mol. The van der Waals surface area contributed by atoms with Gasteiger partial charge in [0, 0.05) is 47.8 Å². The molecule has 0 bridgehead atoms. The van der Waals surface area contributed by atoms with E-state index in [4.69, 9.17) is 9.72 Å². The summed E-state index contributed by atoms with van der Waals surface area (Å²) in [7, 11) is 3.62. The maximum absolute atomic E-state index is 10.7. The summed E-state index contributed by atoms with van der Waals surface area (Å²) in [4.78, 5) is 11.2. The Hall–Kier alpha value is -2.35. The number of rotatable bonds is 4. The number of thiophene rings is 1. The second-order valence-corrected chi connectivity index (χ2v) is 8.28. The number of methoxy groups -OCH3 is 1. The first-order valence-electron chi connectivity index (χ1n) is 9.02. The number of pyridine rings is 2. The first kappa shape index (κ1) is 16.8. The summed E-state index contributed by atoms with van der Waals surface area (Å²) in [6, 6.07) is 8.20. The van der Waals surface area contributed by atoms with Gasteiger partial charge < -0.3 is 9.84 Å². The Morgan fingerprint density at radius 2 is 2.11 bits per heavy atom. The fraction of sp³-hybridized carbons (Fsp3) is 0.350. The highest BCUT2D eigenvalue weighted by molar-refractivity contribution is 7.18. The molecule has 0 saturated heterocycles. The van der Waals surface area contributed by atoms with Gasteiger partial charge in [0.05, 0.1) is 17.9 Å². The predicted molar refractivity (Wildman–Crippen MR) is 106 cm³/mol. The van der Waals surface area contributed by atoms with E-state index >= 15 is 0 Å². The van der Waals surface area contributed by atoms with E-state index in [9.17, 15) is 5.11 Å². The van der Waals surface area contributed by atoms with Gasteiger partial charge >= 0.3 is 0 Å². The molecule has 27 heavy (non-hydrogen) atoms. The molecule has 6 nitrogen and oxygen atoms in total. The summed E-state index contributed by atoms with van der Waals surface area (Å²) in [5.41, 5.74) is 2.58. The lowest BCUT2D eigenvalue weighted by atomic mass is 9.78. The number of hydrogen-bond donors (Lipinski definition) is 1. The topological polar surface area (TPSA) is 73.1 Å². The molecule has 0 aromatic carbocycles. The third-order valence-electron chi connectivity index (χ3n) is 5.37. The Kier molecular flexibility index (Phi) is 3.96. The number of nitrogens with zero attached hydrogens (tertiary/aromatic N) is 4. The molecule has 4 heterocycles. The van der Waals surface area contributed by atoms with Crippen molar-refractivity contribution in [1.82, 2.24) is 19.7 Å². The summed E-state index contributed by atoms with van der Waals surface area (Å²) >= 11 is 1.57. The number of aromatic nitrogens is 4. The molecule has 4 aromatic heterocycles. The summed E-state index contributed by atoms with van der Waals surface area (Å²) < 4.78 is 7.09. The summed E-state index contributed by atoms with van der Waals surface area (Å²) in [5, 5.41) is 17.0. The standard InChI is InChI=1S/C20H20N4O2S/c1-24-10-14-5-13(9-21-19(14)23-24)16-4-3-11-8-17(27-20(11)22-16)18(25)12-6-15(7-12)26-2/h3-5,8-10,12,15,18,25H,6-7H2,1-2H3/t12-,15-,18-/m0/s1. The van der Waals surface area contributed by atoms with E-state index in [1.54, 1.807) is 23.1 Å². The van der Waals surface area contributed by atoms with Crippen LogP contribution in [0.25, 0.3) is 32.5 Å². The van der Waals surface area contributed by atoms with Gasteiger partial charge in [-0.2, -0.15) is 5.10 Å². The van der Waals surface area contributed by atoms with Crippen LogP contribution in [0.3, 0.4) is 0 Å². The average molecular weight is 380 g/mol. The highest BCUT2D eigenvalue weighted by Crippen LogP contribution is 2.42. The van der Waals surface area contributed by atoms with Crippen molar-refractivity contribution in [3.63, 3.8) is 0 Å². The van der Waals surface area contributed by atoms with Crippen LogP contribution < -0.4 is 0 Å². The number of aliphatic hydroxyl groups excluding tert-OH is 1. The molecule has 1 saturated carbocycles. The van der Waals surface area contributed by atoms with Crippen LogP contribution in [0.1, 0.15) is 23.8 Å². The molecule has 7 heteroatoms. The molecule has 0 spiro atoms. The maximum Gasteiger partial charge on any atom is 0.181 e. The third-order valence-corrected chi connectivity index (χ3v) is 6.49. The molecular formula is C20H20N4O2S. The molecule has 1 aliphatic rings. The molecule has 0 radical (unpaired) electrons. The van der Waals surface area contributed by atoms with Crippen LogP contribution in [0.2, 0.25) is 0 Å². The first-order chi connectivity index (χ1) is 13.1. The van der Waals surface area contributed by atoms with Crippen LogP contribution in [0.5, 0.6) is 0 Å². The van der Waals surface area contributed by atoms with Crippen molar-refractivity contribution in [2.24, 2.45) is 13.0 Å². The molecule has 4 aromatic rings. The smallest absolute Gasteiger partial charge is 0.181 e. The van der Waals surface area contributed by atoms with Gasteiger partial charge in [0.25, 0.3) is 0 Å². The summed E-state index contributed by atoms with van der Waals surface area (Å²) in [6.45, 7) is 0. The van der Waals surface area contributed by atoms with Crippen molar-refractivity contribution in [2.45, 2.75) is 25.0 Å². The minimum atomic E-state index is -0.438. The Balaban J connectivity index is 1.46. The van der Waals surface area contributed by atoms with Crippen molar-refractivity contribution < 1.29 is 9.84 Å². The minimum absolute atomic E-state index is 0.277. The van der Waals surface area contributed by atoms with Gasteiger partial charge in [0.2, 0.25) is 0 Å². The molecular weight excluding hydrogens is 360 g/mol. The highest BCUT2D eigenvalue weighted by Gasteiger charge is 2.35. The average Bonchev–Trinajstić information content (AvgIpc) is 3.21. The molecule has 0 aliphatic heterocycles. The molecule has 1 aliphatic carbocycles. The van der Waals surface area contributed by atoms with Crippen LogP contribution >= 0.6 is 11.3 Å². The van der Waals surface area contributed by atoms with Crippen LogP contribution in [-0.2, 0) is 11.8 Å². The van der Waals surface area contributed by atoms with E-state index in [2.05, 4.69) is 28.3 Å². The zero-order valence-corrected chi connectivity index (χ0v) is 16.0. The lowest BCUT2D eigenvalue weighted by Gasteiger charge is -2.36. The molecule has 1 atom stereocenters. The molecule has 0 amide bonds. The van der Waals surface area contributed by atoms with Gasteiger partial charge in [0.1, 0.15) is 4.83 Å². The molecule has 5 rings (SSSR count). The van der Waals surface area contributed by atoms with Crippen molar-refractivity contribution in [2.75, 3.05) is 7.11 Å². The SMILES string of the molecule is CO[C@H]1C[C@H]([C@H](O)c2cc3ccc(-c4cnc5nn(C)cc5c4)nc3s2)C1. The van der Waals surface area contributed by atoms with E-state index in [1.807, 2.05) is 25.5 Å². The number of hydrogen-bond acceptors (Lipinski definition) is 6. The molecule has 1 N–H and O–H groups in total. The first-order valence-corrected chi connectivity index (χ1v) is 9.83. The number of fused-ring (bicyclic) bond motifs is 2. The van der Waals surface area contributed by atoms with Crippen molar-refractivity contribution in [3.05, 3.63) is 41.5 Å². The van der Waals surface area contributed by atoms with Gasteiger partial charge in [-0.1, -0.05) is 0 Å². The van der Waals surface area contributed by atoms with Crippen molar-refractivity contribution in [3.8, 4) is 11.3 Å². The minimum Gasteiger partial charge on any atom is -0.387 e. The predicted octanol–water partition coefficient (Wildman–Crippen LogP) is 3.70. The lowest BCUT2D eigenvalue weighted by Crippen LogP contribution is -2.34. The normalized spacial score (nSPS) is 20.9. The fourth-order valence-corrected chi connectivity index (χ4v) is 4.82. The summed E-state index contributed by atoms with van der Waals surface area (Å²) in [6.07, 6.45) is 5.45. The van der Waals surface area contributed by atoms with Gasteiger partial charge in [-0.3, -0.25) is 4.68 Å². The second-order valence-electron chi connectivity index (χ2n) is 7.21. The van der Waals surface area contributed by atoms with Gasteiger partial charge in [-0.15, -0.1) is 11.3 Å². The largest absolute Gasteiger partial charge is 0.387 e. The lowest BCUT2D eigenvalue weighted by molar-refractivity contribution is -0.0501. The Morgan fingerprint density at radius 1 is 1.26 bits per heavy atom. The zero-order chi connectivity index (χ0) is 18.5. The van der Waals surface area contributed by atoms with Gasteiger partial charge in [-0.05, 0) is 43.0 Å². The van der Waals surface area contributed by atoms with Gasteiger partial charge in [-0.25, -0.2) is 9.97 Å². The Labute approximate surface area is 160 Å². The Bertz CT molecular complexity index is 1130. The van der Waals surface area contributed by atoms with Crippen molar-refractivity contribution >= 4 is 32.6 Å². The molecule has 138 valence electrons. The van der Waals surface area contributed by atoms with E-state index in [0.717, 1.165) is 50.2 Å². The third kappa shape index (κ3) is 2.92. The maximum atomic E-state index is 10.7.